The fraction of sp³-hybridized carbons (Fsp3) is 1.00. The fourth-order valence-corrected chi connectivity index (χ4v) is 3.25. The van der Waals surface area contributed by atoms with Gasteiger partial charge in [0.15, 0.2) is 0 Å². The van der Waals surface area contributed by atoms with Crippen molar-refractivity contribution >= 4 is 0 Å². The average molecular weight is 239 g/mol. The summed E-state index contributed by atoms with van der Waals surface area (Å²) in [7, 11) is 0. The summed E-state index contributed by atoms with van der Waals surface area (Å²) in [6.07, 6.45) is 8.48. The van der Waals surface area contributed by atoms with Gasteiger partial charge in [0, 0.05) is 12.6 Å². The Labute approximate surface area is 107 Å². The lowest BCUT2D eigenvalue weighted by molar-refractivity contribution is -0.0491. The van der Waals surface area contributed by atoms with E-state index in [-0.39, 0.29) is 5.60 Å². The SMILES string of the molecule is CC(C)NCC1(CC2CCC(C)(C)O2)CCC1. The van der Waals surface area contributed by atoms with E-state index in [1.807, 2.05) is 0 Å². The van der Waals surface area contributed by atoms with E-state index in [4.69, 9.17) is 4.74 Å². The third kappa shape index (κ3) is 3.45. The maximum Gasteiger partial charge on any atom is 0.0631 e. The Morgan fingerprint density at radius 2 is 1.94 bits per heavy atom. The Balaban J connectivity index is 1.83. The van der Waals surface area contributed by atoms with Gasteiger partial charge in [-0.2, -0.15) is 0 Å². The van der Waals surface area contributed by atoms with Gasteiger partial charge in [-0.05, 0) is 51.4 Å². The molecule has 1 aliphatic heterocycles. The second-order valence-electron chi connectivity index (χ2n) is 7.13. The van der Waals surface area contributed by atoms with E-state index in [0.29, 0.717) is 17.6 Å². The molecule has 1 saturated heterocycles. The van der Waals surface area contributed by atoms with Crippen LogP contribution in [-0.2, 0) is 4.74 Å². The molecule has 1 heterocycles. The zero-order valence-electron chi connectivity index (χ0n) is 12.0. The van der Waals surface area contributed by atoms with Crippen LogP contribution in [0.25, 0.3) is 0 Å². The smallest absolute Gasteiger partial charge is 0.0631 e. The van der Waals surface area contributed by atoms with Crippen LogP contribution >= 0.6 is 0 Å². The van der Waals surface area contributed by atoms with Crippen LogP contribution in [0.1, 0.15) is 66.2 Å². The molecule has 1 aliphatic carbocycles. The highest BCUT2D eigenvalue weighted by Crippen LogP contribution is 2.47. The predicted octanol–water partition coefficient (Wildman–Crippen LogP) is 3.50. The molecular formula is C15H29NO. The second kappa shape index (κ2) is 4.89. The van der Waals surface area contributed by atoms with Gasteiger partial charge in [-0.3, -0.25) is 0 Å². The van der Waals surface area contributed by atoms with E-state index in [9.17, 15) is 0 Å². The summed E-state index contributed by atoms with van der Waals surface area (Å²) < 4.78 is 6.16. The molecule has 0 spiro atoms. The van der Waals surface area contributed by atoms with E-state index in [1.165, 1.54) is 45.1 Å². The summed E-state index contributed by atoms with van der Waals surface area (Å²) in [6, 6.07) is 0.605. The first-order valence-corrected chi connectivity index (χ1v) is 7.32. The summed E-state index contributed by atoms with van der Waals surface area (Å²) in [6.45, 7) is 10.1. The molecule has 1 atom stereocenters. The van der Waals surface area contributed by atoms with Crippen molar-refractivity contribution in [2.75, 3.05) is 6.54 Å². The largest absolute Gasteiger partial charge is 0.372 e. The fourth-order valence-electron chi connectivity index (χ4n) is 3.25. The predicted molar refractivity (Wildman–Crippen MR) is 72.2 cm³/mol. The first-order valence-electron chi connectivity index (χ1n) is 7.32. The molecular weight excluding hydrogens is 210 g/mol. The molecule has 1 unspecified atom stereocenters. The molecule has 2 fully saturated rings. The van der Waals surface area contributed by atoms with Gasteiger partial charge in [0.2, 0.25) is 0 Å². The molecule has 0 amide bonds. The first-order chi connectivity index (χ1) is 7.91. The second-order valence-corrected chi connectivity index (χ2v) is 7.13. The summed E-state index contributed by atoms with van der Waals surface area (Å²) in [5.41, 5.74) is 0.677. The van der Waals surface area contributed by atoms with Crippen LogP contribution in [0.4, 0.5) is 0 Å². The zero-order valence-corrected chi connectivity index (χ0v) is 12.0. The van der Waals surface area contributed by atoms with Crippen molar-refractivity contribution in [1.29, 1.82) is 0 Å². The summed E-state index contributed by atoms with van der Waals surface area (Å²) in [5, 5.41) is 3.63. The quantitative estimate of drug-likeness (QED) is 0.793. The number of rotatable bonds is 5. The molecule has 100 valence electrons. The molecule has 2 aliphatic rings. The summed E-state index contributed by atoms with van der Waals surface area (Å²) in [5.74, 6) is 0. The molecule has 2 heteroatoms. The number of hydrogen-bond acceptors (Lipinski definition) is 2. The van der Waals surface area contributed by atoms with Gasteiger partial charge in [0.05, 0.1) is 11.7 Å². The first kappa shape index (κ1) is 13.4. The van der Waals surface area contributed by atoms with Gasteiger partial charge in [-0.1, -0.05) is 20.3 Å². The van der Waals surface area contributed by atoms with Crippen molar-refractivity contribution in [2.24, 2.45) is 5.41 Å². The van der Waals surface area contributed by atoms with Crippen molar-refractivity contribution in [3.63, 3.8) is 0 Å². The Morgan fingerprint density at radius 1 is 1.24 bits per heavy atom. The molecule has 0 bridgehead atoms. The van der Waals surface area contributed by atoms with Crippen molar-refractivity contribution < 1.29 is 4.74 Å². The molecule has 1 N–H and O–H groups in total. The monoisotopic (exact) mass is 239 g/mol. The topological polar surface area (TPSA) is 21.3 Å². The highest BCUT2D eigenvalue weighted by atomic mass is 16.5. The third-order valence-corrected chi connectivity index (χ3v) is 4.51. The molecule has 2 nitrogen and oxygen atoms in total. The minimum Gasteiger partial charge on any atom is -0.372 e. The average Bonchev–Trinajstić information content (AvgIpc) is 2.49. The standard InChI is InChI=1S/C15H29NO/c1-12(2)16-11-15(7-5-8-15)10-13-6-9-14(3,4)17-13/h12-13,16H,5-11H2,1-4H3. The minimum atomic E-state index is 0.126. The van der Waals surface area contributed by atoms with Crippen LogP contribution < -0.4 is 5.32 Å². The zero-order chi connectivity index (χ0) is 12.5. The van der Waals surface area contributed by atoms with Gasteiger partial charge in [-0.15, -0.1) is 0 Å². The van der Waals surface area contributed by atoms with E-state index in [0.717, 1.165) is 0 Å². The summed E-state index contributed by atoms with van der Waals surface area (Å²) >= 11 is 0. The Hall–Kier alpha value is -0.0800. The normalized spacial score (nSPS) is 30.5. The maximum absolute atomic E-state index is 6.16. The van der Waals surface area contributed by atoms with E-state index < -0.39 is 0 Å². The highest BCUT2D eigenvalue weighted by molar-refractivity contribution is 4.94. The van der Waals surface area contributed by atoms with Crippen molar-refractivity contribution in [3.05, 3.63) is 0 Å². The maximum atomic E-state index is 6.16. The van der Waals surface area contributed by atoms with Crippen LogP contribution in [-0.4, -0.2) is 24.3 Å². The molecule has 0 aromatic rings. The Bertz CT molecular complexity index is 256. The van der Waals surface area contributed by atoms with Gasteiger partial charge < -0.3 is 10.1 Å². The lowest BCUT2D eigenvalue weighted by Crippen LogP contribution is -2.44. The number of ether oxygens (including phenoxy) is 1. The lowest BCUT2D eigenvalue weighted by Gasteiger charge is -2.44. The van der Waals surface area contributed by atoms with Gasteiger partial charge >= 0.3 is 0 Å². The Kier molecular flexibility index (Phi) is 3.84. The van der Waals surface area contributed by atoms with Gasteiger partial charge in [0.25, 0.3) is 0 Å². The van der Waals surface area contributed by atoms with Crippen molar-refractivity contribution in [1.82, 2.24) is 5.32 Å². The Morgan fingerprint density at radius 3 is 2.35 bits per heavy atom. The molecule has 1 saturated carbocycles. The molecule has 0 radical (unpaired) electrons. The van der Waals surface area contributed by atoms with Crippen LogP contribution in [0.2, 0.25) is 0 Å². The number of hydrogen-bond donors (Lipinski definition) is 1. The van der Waals surface area contributed by atoms with Crippen LogP contribution in [0.3, 0.4) is 0 Å². The molecule has 0 aromatic carbocycles. The van der Waals surface area contributed by atoms with E-state index >= 15 is 0 Å². The molecule has 0 aromatic heterocycles. The van der Waals surface area contributed by atoms with E-state index in [1.54, 1.807) is 0 Å². The van der Waals surface area contributed by atoms with Gasteiger partial charge in [-0.25, -0.2) is 0 Å². The van der Waals surface area contributed by atoms with Crippen molar-refractivity contribution in [3.8, 4) is 0 Å². The third-order valence-electron chi connectivity index (χ3n) is 4.51. The number of nitrogens with one attached hydrogen (secondary N) is 1. The van der Waals surface area contributed by atoms with Crippen LogP contribution in [0, 0.1) is 5.41 Å². The minimum absolute atomic E-state index is 0.126. The molecule has 2 rings (SSSR count). The van der Waals surface area contributed by atoms with Crippen LogP contribution in [0.15, 0.2) is 0 Å². The molecule has 17 heavy (non-hydrogen) atoms. The lowest BCUT2D eigenvalue weighted by atomic mass is 9.65. The highest BCUT2D eigenvalue weighted by Gasteiger charge is 2.42. The van der Waals surface area contributed by atoms with Crippen molar-refractivity contribution in [2.45, 2.75) is 84.0 Å². The van der Waals surface area contributed by atoms with Gasteiger partial charge in [0.1, 0.15) is 0 Å². The van der Waals surface area contributed by atoms with Crippen LogP contribution in [0.5, 0.6) is 0 Å². The summed E-state index contributed by atoms with van der Waals surface area (Å²) in [4.78, 5) is 0. The van der Waals surface area contributed by atoms with E-state index in [2.05, 4.69) is 33.0 Å².